The molecule has 3 N–H and O–H groups in total. The highest BCUT2D eigenvalue weighted by Gasteiger charge is 2.32. The van der Waals surface area contributed by atoms with Crippen LogP contribution in [0.15, 0.2) is 18.2 Å². The molecule has 26 heavy (non-hydrogen) atoms. The molecular formula is C18H26F3N3O2. The molecule has 0 heterocycles. The molecule has 1 saturated carbocycles. The van der Waals surface area contributed by atoms with Gasteiger partial charge in [-0.1, -0.05) is 25.7 Å². The highest BCUT2D eigenvalue weighted by molar-refractivity contribution is 5.93. The van der Waals surface area contributed by atoms with Gasteiger partial charge in [-0.2, -0.15) is 13.2 Å². The first-order chi connectivity index (χ1) is 12.1. The number of urea groups is 1. The van der Waals surface area contributed by atoms with Gasteiger partial charge in [0.05, 0.1) is 22.5 Å². The zero-order valence-electron chi connectivity index (χ0n) is 15.1. The number of nitrogens with zero attached hydrogens (tertiary/aromatic N) is 1. The zero-order valence-corrected chi connectivity index (χ0v) is 15.1. The molecule has 0 radical (unpaired) electrons. The first-order valence-corrected chi connectivity index (χ1v) is 8.76. The van der Waals surface area contributed by atoms with Crippen molar-refractivity contribution in [1.29, 1.82) is 0 Å². The van der Waals surface area contributed by atoms with Crippen LogP contribution in [0.25, 0.3) is 0 Å². The summed E-state index contributed by atoms with van der Waals surface area (Å²) in [4.78, 5) is 13.8. The van der Waals surface area contributed by atoms with E-state index in [0.717, 1.165) is 37.8 Å². The minimum Gasteiger partial charge on any atom is -0.388 e. The van der Waals surface area contributed by atoms with E-state index in [1.54, 1.807) is 19.0 Å². The van der Waals surface area contributed by atoms with Crippen molar-refractivity contribution in [1.82, 2.24) is 5.32 Å². The van der Waals surface area contributed by atoms with Crippen LogP contribution in [0.1, 0.15) is 44.1 Å². The molecule has 1 aromatic carbocycles. The van der Waals surface area contributed by atoms with Gasteiger partial charge in [-0.3, -0.25) is 0 Å². The minimum absolute atomic E-state index is 0.0650. The SMILES string of the molecule is CN(C)c1ccc(C(F)(F)F)cc1NC(=O)NCC1(O)CCCCCC1. The van der Waals surface area contributed by atoms with Crippen molar-refractivity contribution in [3.8, 4) is 0 Å². The highest BCUT2D eigenvalue weighted by atomic mass is 19.4. The lowest BCUT2D eigenvalue weighted by molar-refractivity contribution is -0.137. The molecule has 0 spiro atoms. The second kappa shape index (κ2) is 8.16. The molecule has 0 bridgehead atoms. The Bertz CT molecular complexity index is 625. The van der Waals surface area contributed by atoms with E-state index in [1.165, 1.54) is 6.07 Å². The Kier molecular flexibility index (Phi) is 6.39. The molecule has 1 aromatic rings. The van der Waals surface area contributed by atoms with Crippen LogP contribution >= 0.6 is 0 Å². The van der Waals surface area contributed by atoms with E-state index >= 15 is 0 Å². The topological polar surface area (TPSA) is 64.6 Å². The fraction of sp³-hybridized carbons (Fsp3) is 0.611. The number of hydrogen-bond acceptors (Lipinski definition) is 3. The number of hydrogen-bond donors (Lipinski definition) is 3. The average molecular weight is 373 g/mol. The summed E-state index contributed by atoms with van der Waals surface area (Å²) in [5.41, 5.74) is -1.26. The number of carbonyl (C=O) groups is 1. The molecule has 0 atom stereocenters. The van der Waals surface area contributed by atoms with Gasteiger partial charge in [0.15, 0.2) is 0 Å². The molecule has 0 saturated heterocycles. The van der Waals surface area contributed by atoms with Crippen molar-refractivity contribution in [2.24, 2.45) is 0 Å². The highest BCUT2D eigenvalue weighted by Crippen LogP contribution is 2.35. The van der Waals surface area contributed by atoms with Gasteiger partial charge in [0, 0.05) is 20.6 Å². The van der Waals surface area contributed by atoms with Crippen molar-refractivity contribution in [2.45, 2.75) is 50.3 Å². The number of amides is 2. The third-order valence-corrected chi connectivity index (χ3v) is 4.67. The third kappa shape index (κ3) is 5.52. The van der Waals surface area contributed by atoms with Crippen LogP contribution in [0.5, 0.6) is 0 Å². The molecule has 2 amide bonds. The number of benzene rings is 1. The largest absolute Gasteiger partial charge is 0.416 e. The molecule has 146 valence electrons. The van der Waals surface area contributed by atoms with Gasteiger partial charge in [-0.25, -0.2) is 4.79 Å². The van der Waals surface area contributed by atoms with E-state index in [0.29, 0.717) is 18.5 Å². The van der Waals surface area contributed by atoms with Crippen molar-refractivity contribution >= 4 is 17.4 Å². The van der Waals surface area contributed by atoms with E-state index in [4.69, 9.17) is 0 Å². The van der Waals surface area contributed by atoms with Gasteiger partial charge < -0.3 is 20.6 Å². The number of alkyl halides is 3. The van der Waals surface area contributed by atoms with Crippen LogP contribution in [0.4, 0.5) is 29.3 Å². The standard InChI is InChI=1S/C18H26F3N3O2/c1-24(2)15-8-7-13(18(19,20)21)11-14(15)23-16(25)22-12-17(26)9-5-3-4-6-10-17/h7-8,11,26H,3-6,9-10,12H2,1-2H3,(H2,22,23,25). The van der Waals surface area contributed by atoms with Crippen LogP contribution < -0.4 is 15.5 Å². The van der Waals surface area contributed by atoms with Crippen molar-refractivity contribution in [3.63, 3.8) is 0 Å². The first-order valence-electron chi connectivity index (χ1n) is 8.76. The number of rotatable bonds is 4. The van der Waals surface area contributed by atoms with Gasteiger partial charge in [-0.05, 0) is 31.0 Å². The monoisotopic (exact) mass is 373 g/mol. The molecule has 5 nitrogen and oxygen atoms in total. The van der Waals surface area contributed by atoms with Gasteiger partial charge in [-0.15, -0.1) is 0 Å². The smallest absolute Gasteiger partial charge is 0.388 e. The van der Waals surface area contributed by atoms with Crippen molar-refractivity contribution in [2.75, 3.05) is 30.9 Å². The Hall–Kier alpha value is -1.96. The maximum atomic E-state index is 12.9. The van der Waals surface area contributed by atoms with E-state index in [-0.39, 0.29) is 12.2 Å². The molecule has 0 aromatic heterocycles. The number of carbonyl (C=O) groups excluding carboxylic acids is 1. The Balaban J connectivity index is 2.07. The summed E-state index contributed by atoms with van der Waals surface area (Å²) in [6.45, 7) is 0.0785. The Labute approximate surface area is 151 Å². The average Bonchev–Trinajstić information content (AvgIpc) is 2.77. The lowest BCUT2D eigenvalue weighted by Gasteiger charge is -2.27. The lowest BCUT2D eigenvalue weighted by atomic mass is 9.95. The van der Waals surface area contributed by atoms with Gasteiger partial charge in [0.2, 0.25) is 0 Å². The molecule has 1 aliphatic carbocycles. The Morgan fingerprint density at radius 3 is 2.35 bits per heavy atom. The van der Waals surface area contributed by atoms with Crippen LogP contribution in [0, 0.1) is 0 Å². The van der Waals surface area contributed by atoms with Crippen molar-refractivity contribution < 1.29 is 23.1 Å². The Morgan fingerprint density at radius 2 is 1.81 bits per heavy atom. The van der Waals surface area contributed by atoms with Crippen LogP contribution in [0.3, 0.4) is 0 Å². The third-order valence-electron chi connectivity index (χ3n) is 4.67. The lowest BCUT2D eigenvalue weighted by Crippen LogP contribution is -2.44. The van der Waals surface area contributed by atoms with Crippen LogP contribution in [-0.4, -0.2) is 37.4 Å². The zero-order chi connectivity index (χ0) is 19.4. The van der Waals surface area contributed by atoms with Gasteiger partial charge in [0.25, 0.3) is 0 Å². The first kappa shape index (κ1) is 20.4. The number of nitrogens with one attached hydrogen (secondary N) is 2. The second-order valence-corrected chi connectivity index (χ2v) is 7.07. The summed E-state index contributed by atoms with van der Waals surface area (Å²) in [6.07, 6.45) is 0.652. The summed E-state index contributed by atoms with van der Waals surface area (Å²) >= 11 is 0. The maximum Gasteiger partial charge on any atom is 0.416 e. The fourth-order valence-corrected chi connectivity index (χ4v) is 3.18. The normalized spacial score (nSPS) is 17.3. The summed E-state index contributed by atoms with van der Waals surface area (Å²) in [5, 5.41) is 15.6. The molecule has 8 heteroatoms. The quantitative estimate of drug-likeness (QED) is 0.700. The van der Waals surface area contributed by atoms with Crippen LogP contribution in [-0.2, 0) is 6.18 Å². The summed E-state index contributed by atoms with van der Waals surface area (Å²) in [6, 6.07) is 2.57. The van der Waals surface area contributed by atoms with E-state index in [9.17, 15) is 23.1 Å². The van der Waals surface area contributed by atoms with Gasteiger partial charge >= 0.3 is 12.2 Å². The molecule has 1 fully saturated rings. The summed E-state index contributed by atoms with van der Waals surface area (Å²) in [7, 11) is 3.36. The molecule has 1 aliphatic rings. The minimum atomic E-state index is -4.49. The molecule has 0 unspecified atom stereocenters. The predicted octanol–water partition coefficient (Wildman–Crippen LogP) is 3.98. The molecule has 0 aliphatic heterocycles. The second-order valence-electron chi connectivity index (χ2n) is 7.07. The van der Waals surface area contributed by atoms with E-state index < -0.39 is 23.4 Å². The molecular weight excluding hydrogens is 347 g/mol. The van der Waals surface area contributed by atoms with Crippen LogP contribution in [0.2, 0.25) is 0 Å². The fourth-order valence-electron chi connectivity index (χ4n) is 3.18. The Morgan fingerprint density at radius 1 is 1.19 bits per heavy atom. The number of anilines is 2. The summed E-state index contributed by atoms with van der Waals surface area (Å²) < 4.78 is 38.8. The van der Waals surface area contributed by atoms with Crippen molar-refractivity contribution in [3.05, 3.63) is 23.8 Å². The number of aliphatic hydroxyl groups is 1. The predicted molar refractivity (Wildman–Crippen MR) is 95.4 cm³/mol. The van der Waals surface area contributed by atoms with Gasteiger partial charge in [0.1, 0.15) is 0 Å². The van der Waals surface area contributed by atoms with E-state index in [1.807, 2.05) is 0 Å². The number of halogens is 3. The summed E-state index contributed by atoms with van der Waals surface area (Å²) in [5.74, 6) is 0. The maximum absolute atomic E-state index is 12.9. The molecule has 2 rings (SSSR count). The van der Waals surface area contributed by atoms with E-state index in [2.05, 4.69) is 10.6 Å².